The Balaban J connectivity index is 1.39. The molecule has 28 heavy (non-hydrogen) atoms. The molecule has 2 aromatic rings. The monoisotopic (exact) mass is 383 g/mol. The standard InChI is InChI=1S/C22H25NO5/c1-13-3-7-19(14(2)9-13)27-12-16-6-8-20(28-16)21(24)23-10-17(15-4-5-15)18(11-23)22(25)26/h3,6-9,15,17-18H,4-5,10-12H2,1-2H3,(H,25,26)/t17-,18+/m1/s1. The molecule has 148 valence electrons. The maximum absolute atomic E-state index is 12.8. The highest BCUT2D eigenvalue weighted by atomic mass is 16.5. The third-order valence-electron chi connectivity index (χ3n) is 5.77. The van der Waals surface area contributed by atoms with Crippen LogP contribution in [0.15, 0.2) is 34.7 Å². The van der Waals surface area contributed by atoms with Gasteiger partial charge in [-0.15, -0.1) is 0 Å². The van der Waals surface area contributed by atoms with E-state index < -0.39 is 11.9 Å². The van der Waals surface area contributed by atoms with Crippen LogP contribution in [0.3, 0.4) is 0 Å². The fraction of sp³-hybridized carbons (Fsp3) is 0.455. The second-order valence-electron chi connectivity index (χ2n) is 7.98. The Morgan fingerprint density at radius 1 is 1.18 bits per heavy atom. The van der Waals surface area contributed by atoms with E-state index >= 15 is 0 Å². The lowest BCUT2D eigenvalue weighted by atomic mass is 9.92. The van der Waals surface area contributed by atoms with Gasteiger partial charge in [0.15, 0.2) is 5.76 Å². The van der Waals surface area contributed by atoms with Crippen LogP contribution in [0, 0.1) is 31.6 Å². The molecular formula is C22H25NO5. The number of benzene rings is 1. The molecule has 1 aliphatic carbocycles. The number of hydrogen-bond acceptors (Lipinski definition) is 4. The van der Waals surface area contributed by atoms with Gasteiger partial charge in [0.2, 0.25) is 0 Å². The first-order valence-electron chi connectivity index (χ1n) is 9.73. The van der Waals surface area contributed by atoms with E-state index in [0.717, 1.165) is 24.2 Å². The molecule has 1 saturated carbocycles. The maximum atomic E-state index is 12.8. The molecule has 6 nitrogen and oxygen atoms in total. The Morgan fingerprint density at radius 3 is 2.64 bits per heavy atom. The highest BCUT2D eigenvalue weighted by molar-refractivity contribution is 5.92. The van der Waals surface area contributed by atoms with Crippen LogP contribution in [0.5, 0.6) is 5.75 Å². The molecular weight excluding hydrogens is 358 g/mol. The normalized spacial score (nSPS) is 21.7. The summed E-state index contributed by atoms with van der Waals surface area (Å²) in [6.45, 7) is 5.00. The first-order chi connectivity index (χ1) is 13.4. The number of carboxylic acids is 1. The minimum absolute atomic E-state index is 0.0590. The lowest BCUT2D eigenvalue weighted by Gasteiger charge is -2.14. The number of carbonyl (C=O) groups is 2. The molecule has 2 atom stereocenters. The van der Waals surface area contributed by atoms with Gasteiger partial charge in [-0.1, -0.05) is 17.7 Å². The van der Waals surface area contributed by atoms with Gasteiger partial charge in [0.25, 0.3) is 5.91 Å². The molecule has 0 bridgehead atoms. The van der Waals surface area contributed by atoms with Gasteiger partial charge in [-0.2, -0.15) is 0 Å². The predicted octanol–water partition coefficient (Wildman–Crippen LogP) is 3.66. The SMILES string of the molecule is Cc1ccc(OCc2ccc(C(=O)N3C[C@H](C(=O)O)[C@@H](C4CC4)C3)o2)c(C)c1. The topological polar surface area (TPSA) is 80.0 Å². The van der Waals surface area contributed by atoms with Crippen LogP contribution in [-0.4, -0.2) is 35.0 Å². The van der Waals surface area contributed by atoms with Gasteiger partial charge in [0.1, 0.15) is 18.1 Å². The van der Waals surface area contributed by atoms with E-state index in [9.17, 15) is 14.7 Å². The zero-order valence-electron chi connectivity index (χ0n) is 16.2. The molecule has 0 spiro atoms. The molecule has 2 fully saturated rings. The van der Waals surface area contributed by atoms with Crippen LogP contribution in [0.1, 0.15) is 40.3 Å². The average molecular weight is 383 g/mol. The minimum atomic E-state index is -0.811. The van der Waals surface area contributed by atoms with Crippen LogP contribution < -0.4 is 4.74 Å². The van der Waals surface area contributed by atoms with Crippen molar-refractivity contribution >= 4 is 11.9 Å². The smallest absolute Gasteiger partial charge is 0.308 e. The van der Waals surface area contributed by atoms with Crippen molar-refractivity contribution in [3.8, 4) is 5.75 Å². The Morgan fingerprint density at radius 2 is 1.96 bits per heavy atom. The molecule has 1 aliphatic heterocycles. The second kappa shape index (κ2) is 7.34. The summed E-state index contributed by atoms with van der Waals surface area (Å²) >= 11 is 0. The highest BCUT2D eigenvalue weighted by Crippen LogP contribution is 2.44. The van der Waals surface area contributed by atoms with Gasteiger partial charge in [-0.3, -0.25) is 9.59 Å². The summed E-state index contributed by atoms with van der Waals surface area (Å²) in [6, 6.07) is 9.34. The number of nitrogens with zero attached hydrogens (tertiary/aromatic N) is 1. The number of furan rings is 1. The van der Waals surface area contributed by atoms with Gasteiger partial charge < -0.3 is 19.2 Å². The minimum Gasteiger partial charge on any atom is -0.485 e. The van der Waals surface area contributed by atoms with Crippen LogP contribution >= 0.6 is 0 Å². The molecule has 0 radical (unpaired) electrons. The maximum Gasteiger partial charge on any atom is 0.308 e. The zero-order chi connectivity index (χ0) is 19.8. The largest absolute Gasteiger partial charge is 0.485 e. The molecule has 4 rings (SSSR count). The van der Waals surface area contributed by atoms with E-state index in [4.69, 9.17) is 9.15 Å². The first kappa shape index (κ1) is 18.6. The molecule has 1 amide bonds. The second-order valence-corrected chi connectivity index (χ2v) is 7.98. The van der Waals surface area contributed by atoms with Crippen LogP contribution in [-0.2, 0) is 11.4 Å². The summed E-state index contributed by atoms with van der Waals surface area (Å²) in [5.41, 5.74) is 2.22. The van der Waals surface area contributed by atoms with Crippen molar-refractivity contribution in [2.75, 3.05) is 13.1 Å². The van der Waals surface area contributed by atoms with Gasteiger partial charge in [-0.05, 0) is 62.3 Å². The first-order valence-corrected chi connectivity index (χ1v) is 9.73. The van der Waals surface area contributed by atoms with Gasteiger partial charge in [0, 0.05) is 13.1 Å². The van der Waals surface area contributed by atoms with Gasteiger partial charge in [-0.25, -0.2) is 0 Å². The molecule has 2 aliphatic rings. The zero-order valence-corrected chi connectivity index (χ0v) is 16.2. The number of ether oxygens (including phenoxy) is 1. The molecule has 1 saturated heterocycles. The molecule has 2 heterocycles. The van der Waals surface area contributed by atoms with E-state index in [2.05, 4.69) is 6.07 Å². The molecule has 1 aromatic heterocycles. The summed E-state index contributed by atoms with van der Waals surface area (Å²) < 4.78 is 11.5. The van der Waals surface area contributed by atoms with E-state index in [-0.39, 0.29) is 30.7 Å². The lowest BCUT2D eigenvalue weighted by molar-refractivity contribution is -0.142. The van der Waals surface area contributed by atoms with Gasteiger partial charge in [0.05, 0.1) is 5.92 Å². The Bertz CT molecular complexity index is 898. The lowest BCUT2D eigenvalue weighted by Crippen LogP contribution is -2.29. The fourth-order valence-electron chi connectivity index (χ4n) is 4.09. The van der Waals surface area contributed by atoms with E-state index in [0.29, 0.717) is 18.2 Å². The summed E-state index contributed by atoms with van der Waals surface area (Å²) in [7, 11) is 0. The summed E-state index contributed by atoms with van der Waals surface area (Å²) in [4.78, 5) is 25.9. The Hall–Kier alpha value is -2.76. The molecule has 1 N–H and O–H groups in total. The van der Waals surface area contributed by atoms with Crippen LogP contribution in [0.25, 0.3) is 0 Å². The van der Waals surface area contributed by atoms with E-state index in [1.54, 1.807) is 17.0 Å². The number of carboxylic acid groups (broad SMARTS) is 1. The van der Waals surface area contributed by atoms with E-state index in [1.165, 1.54) is 5.56 Å². The molecule has 0 unspecified atom stereocenters. The number of hydrogen-bond donors (Lipinski definition) is 1. The number of likely N-dealkylation sites (tertiary alicyclic amines) is 1. The number of aryl methyl sites for hydroxylation is 2. The quantitative estimate of drug-likeness (QED) is 0.823. The van der Waals surface area contributed by atoms with Crippen LogP contribution in [0.4, 0.5) is 0 Å². The van der Waals surface area contributed by atoms with Gasteiger partial charge >= 0.3 is 5.97 Å². The molecule has 6 heteroatoms. The summed E-state index contributed by atoms with van der Waals surface area (Å²) in [5, 5.41) is 9.47. The number of aliphatic carboxylic acids is 1. The van der Waals surface area contributed by atoms with Crippen molar-refractivity contribution in [1.29, 1.82) is 0 Å². The van der Waals surface area contributed by atoms with Crippen molar-refractivity contribution in [3.63, 3.8) is 0 Å². The van der Waals surface area contributed by atoms with Crippen molar-refractivity contribution in [2.45, 2.75) is 33.3 Å². The number of amides is 1. The number of rotatable bonds is 6. The van der Waals surface area contributed by atoms with Crippen molar-refractivity contribution < 1.29 is 23.8 Å². The Kier molecular flexibility index (Phi) is 4.87. The third-order valence-corrected chi connectivity index (χ3v) is 5.77. The average Bonchev–Trinajstić information content (AvgIpc) is 3.22. The predicted molar refractivity (Wildman–Crippen MR) is 102 cm³/mol. The van der Waals surface area contributed by atoms with Crippen molar-refractivity contribution in [3.05, 3.63) is 53.0 Å². The fourth-order valence-corrected chi connectivity index (χ4v) is 4.09. The van der Waals surface area contributed by atoms with Crippen molar-refractivity contribution in [1.82, 2.24) is 4.90 Å². The van der Waals surface area contributed by atoms with Crippen molar-refractivity contribution in [2.24, 2.45) is 17.8 Å². The summed E-state index contributed by atoms with van der Waals surface area (Å²) in [6.07, 6.45) is 2.13. The summed E-state index contributed by atoms with van der Waals surface area (Å²) in [5.74, 6) is 0.558. The highest BCUT2D eigenvalue weighted by Gasteiger charge is 2.47. The van der Waals surface area contributed by atoms with Crippen LogP contribution in [0.2, 0.25) is 0 Å². The van der Waals surface area contributed by atoms with E-state index in [1.807, 2.05) is 26.0 Å². The molecule has 1 aromatic carbocycles. The number of carbonyl (C=O) groups excluding carboxylic acids is 1. The Labute approximate surface area is 164 Å². The third kappa shape index (κ3) is 3.77.